The van der Waals surface area contributed by atoms with Gasteiger partial charge in [-0.15, -0.1) is 0 Å². The summed E-state index contributed by atoms with van der Waals surface area (Å²) in [6.07, 6.45) is 3.57. The Balaban J connectivity index is 1.90. The van der Waals surface area contributed by atoms with Crippen LogP contribution in [0.5, 0.6) is 0 Å². The molecule has 3 heterocycles. The van der Waals surface area contributed by atoms with E-state index in [9.17, 15) is 8.42 Å². The van der Waals surface area contributed by atoms with Gasteiger partial charge in [0.2, 0.25) is 10.0 Å². The zero-order valence-corrected chi connectivity index (χ0v) is 12.6. The van der Waals surface area contributed by atoms with Crippen molar-refractivity contribution < 1.29 is 12.9 Å². The summed E-state index contributed by atoms with van der Waals surface area (Å²) in [5.41, 5.74) is 1.09. The first-order valence-corrected chi connectivity index (χ1v) is 8.56. The Morgan fingerprint density at radius 2 is 2.19 bits per heavy atom. The van der Waals surface area contributed by atoms with Gasteiger partial charge in [0.25, 0.3) is 5.71 Å². The number of fused-ring (bicyclic) bond motifs is 1. The van der Waals surface area contributed by atoms with E-state index in [1.165, 1.54) is 6.20 Å². The second-order valence-electron chi connectivity index (χ2n) is 5.15. The van der Waals surface area contributed by atoms with Crippen LogP contribution in [0.3, 0.4) is 0 Å². The first-order valence-electron chi connectivity index (χ1n) is 7.07. The average Bonchev–Trinajstić information content (AvgIpc) is 2.90. The molecule has 0 saturated carbocycles. The van der Waals surface area contributed by atoms with Gasteiger partial charge in [0.1, 0.15) is 4.90 Å². The Morgan fingerprint density at radius 1 is 1.43 bits per heavy atom. The van der Waals surface area contributed by atoms with Crippen LogP contribution in [0.15, 0.2) is 21.7 Å². The lowest BCUT2D eigenvalue weighted by molar-refractivity contribution is 0.427. The fourth-order valence-electron chi connectivity index (χ4n) is 2.49. The molecule has 2 aromatic rings. The molecule has 0 bridgehead atoms. The van der Waals surface area contributed by atoms with Crippen molar-refractivity contribution in [3.8, 4) is 0 Å². The highest BCUT2D eigenvalue weighted by molar-refractivity contribution is 7.89. The van der Waals surface area contributed by atoms with Crippen LogP contribution in [0, 0.1) is 0 Å². The lowest BCUT2D eigenvalue weighted by Gasteiger charge is -2.23. The van der Waals surface area contributed by atoms with Crippen molar-refractivity contribution >= 4 is 21.1 Å². The van der Waals surface area contributed by atoms with Crippen molar-refractivity contribution in [2.75, 3.05) is 13.1 Å². The van der Waals surface area contributed by atoms with E-state index in [4.69, 9.17) is 4.52 Å². The van der Waals surface area contributed by atoms with Gasteiger partial charge in [0, 0.05) is 6.04 Å². The van der Waals surface area contributed by atoms with Gasteiger partial charge in [-0.2, -0.15) is 0 Å². The van der Waals surface area contributed by atoms with Gasteiger partial charge in [-0.25, -0.2) is 18.1 Å². The molecule has 2 aromatic heterocycles. The van der Waals surface area contributed by atoms with Crippen LogP contribution >= 0.6 is 0 Å². The number of sulfonamides is 1. The minimum Gasteiger partial charge on any atom is -0.336 e. The largest absolute Gasteiger partial charge is 0.336 e. The van der Waals surface area contributed by atoms with Crippen molar-refractivity contribution in [3.63, 3.8) is 0 Å². The van der Waals surface area contributed by atoms with Gasteiger partial charge < -0.3 is 9.84 Å². The first kappa shape index (κ1) is 14.4. The SMILES string of the molecule is CCc1noc2ncc(S(=O)(=O)NC3CCNCC3)cc12. The standard InChI is InChI=1S/C13H18N4O3S/c1-2-12-11-7-10(8-15-13(11)20-16-12)21(18,19)17-9-3-5-14-6-4-9/h7-9,14,17H,2-6H2,1H3. The number of nitrogens with zero attached hydrogens (tertiary/aromatic N) is 2. The second kappa shape index (κ2) is 5.70. The third-order valence-corrected chi connectivity index (χ3v) is 5.17. The molecule has 1 aliphatic rings. The number of rotatable bonds is 4. The number of hydrogen-bond acceptors (Lipinski definition) is 6. The van der Waals surface area contributed by atoms with E-state index in [1.807, 2.05) is 6.92 Å². The molecular formula is C13H18N4O3S. The lowest BCUT2D eigenvalue weighted by atomic mass is 10.1. The minimum atomic E-state index is -3.56. The molecule has 0 atom stereocenters. The number of hydrogen-bond donors (Lipinski definition) is 2. The monoisotopic (exact) mass is 310 g/mol. The van der Waals surface area contributed by atoms with Gasteiger partial charge in [-0.3, -0.25) is 0 Å². The maximum Gasteiger partial charge on any atom is 0.258 e. The molecule has 3 rings (SSSR count). The Labute approximate surface area is 123 Å². The summed E-state index contributed by atoms with van der Waals surface area (Å²) in [6, 6.07) is 1.56. The molecule has 0 radical (unpaired) electrons. The topological polar surface area (TPSA) is 97.1 Å². The smallest absolute Gasteiger partial charge is 0.258 e. The summed E-state index contributed by atoms with van der Waals surface area (Å²) in [4.78, 5) is 4.21. The maximum absolute atomic E-state index is 12.4. The first-order chi connectivity index (χ1) is 10.1. The molecule has 114 valence electrons. The quantitative estimate of drug-likeness (QED) is 0.867. The highest BCUT2D eigenvalue weighted by Gasteiger charge is 2.23. The van der Waals surface area contributed by atoms with E-state index in [2.05, 4.69) is 20.2 Å². The van der Waals surface area contributed by atoms with Crippen LogP contribution in [0.25, 0.3) is 11.1 Å². The molecular weight excluding hydrogens is 292 g/mol. The van der Waals surface area contributed by atoms with Crippen molar-refractivity contribution in [3.05, 3.63) is 18.0 Å². The van der Waals surface area contributed by atoms with Crippen LogP contribution in [0.4, 0.5) is 0 Å². The van der Waals surface area contributed by atoms with Gasteiger partial charge in [-0.05, 0) is 38.4 Å². The normalized spacial score (nSPS) is 17.4. The summed E-state index contributed by atoms with van der Waals surface area (Å²) >= 11 is 0. The van der Waals surface area contributed by atoms with Crippen LogP contribution in [0.2, 0.25) is 0 Å². The molecule has 7 nitrogen and oxygen atoms in total. The van der Waals surface area contributed by atoms with E-state index in [1.54, 1.807) is 6.07 Å². The highest BCUT2D eigenvalue weighted by Crippen LogP contribution is 2.21. The molecule has 1 aliphatic heterocycles. The van der Waals surface area contributed by atoms with Gasteiger partial charge in [-0.1, -0.05) is 12.1 Å². The molecule has 0 amide bonds. The molecule has 8 heteroatoms. The minimum absolute atomic E-state index is 0.0277. The molecule has 1 saturated heterocycles. The summed E-state index contributed by atoms with van der Waals surface area (Å²) in [5, 5.41) is 7.76. The van der Waals surface area contributed by atoms with Crippen LogP contribution in [-0.4, -0.2) is 37.7 Å². The van der Waals surface area contributed by atoms with Gasteiger partial charge in [0.15, 0.2) is 0 Å². The summed E-state index contributed by atoms with van der Waals surface area (Å²) in [6.45, 7) is 3.60. The Bertz CT molecular complexity index is 735. The van der Waals surface area contributed by atoms with E-state index in [-0.39, 0.29) is 10.9 Å². The fourth-order valence-corrected chi connectivity index (χ4v) is 3.76. The zero-order chi connectivity index (χ0) is 14.9. The third kappa shape index (κ3) is 2.92. The number of piperidine rings is 1. The predicted molar refractivity (Wildman–Crippen MR) is 77.4 cm³/mol. The summed E-state index contributed by atoms with van der Waals surface area (Å²) in [7, 11) is -3.56. The molecule has 0 unspecified atom stereocenters. The highest BCUT2D eigenvalue weighted by atomic mass is 32.2. The third-order valence-electron chi connectivity index (χ3n) is 3.69. The van der Waals surface area contributed by atoms with E-state index in [0.29, 0.717) is 17.5 Å². The maximum atomic E-state index is 12.4. The van der Waals surface area contributed by atoms with E-state index < -0.39 is 10.0 Å². The van der Waals surface area contributed by atoms with Crippen molar-refractivity contribution in [1.29, 1.82) is 0 Å². The summed E-state index contributed by atoms with van der Waals surface area (Å²) in [5.74, 6) is 0. The van der Waals surface area contributed by atoms with Crippen molar-refractivity contribution in [2.24, 2.45) is 0 Å². The van der Waals surface area contributed by atoms with Crippen molar-refractivity contribution in [1.82, 2.24) is 20.2 Å². The summed E-state index contributed by atoms with van der Waals surface area (Å²) < 4.78 is 32.7. The molecule has 21 heavy (non-hydrogen) atoms. The average molecular weight is 310 g/mol. The van der Waals surface area contributed by atoms with Crippen LogP contribution in [-0.2, 0) is 16.4 Å². The van der Waals surface area contributed by atoms with Gasteiger partial charge >= 0.3 is 0 Å². The number of nitrogens with one attached hydrogen (secondary N) is 2. The Hall–Kier alpha value is -1.51. The molecule has 0 aromatic carbocycles. The van der Waals surface area contributed by atoms with Crippen LogP contribution in [0.1, 0.15) is 25.5 Å². The molecule has 0 spiro atoms. The Morgan fingerprint density at radius 3 is 2.90 bits per heavy atom. The molecule has 2 N–H and O–H groups in total. The number of pyridine rings is 1. The van der Waals surface area contributed by atoms with E-state index in [0.717, 1.165) is 31.6 Å². The second-order valence-corrected chi connectivity index (χ2v) is 6.87. The zero-order valence-electron chi connectivity index (χ0n) is 11.8. The van der Waals surface area contributed by atoms with Crippen LogP contribution < -0.4 is 10.0 Å². The molecule has 1 fully saturated rings. The van der Waals surface area contributed by atoms with Gasteiger partial charge in [0.05, 0.1) is 17.3 Å². The number of aryl methyl sites for hydroxylation is 1. The Kier molecular flexibility index (Phi) is 3.92. The number of aromatic nitrogens is 2. The van der Waals surface area contributed by atoms with Crippen molar-refractivity contribution in [2.45, 2.75) is 37.1 Å². The van der Waals surface area contributed by atoms with E-state index >= 15 is 0 Å². The predicted octanol–water partition coefficient (Wildman–Crippen LogP) is 0.815. The fraction of sp³-hybridized carbons (Fsp3) is 0.538. The molecule has 0 aliphatic carbocycles. The lowest BCUT2D eigenvalue weighted by Crippen LogP contribution is -2.42.